The van der Waals surface area contributed by atoms with Gasteiger partial charge in [0, 0.05) is 0 Å². The maximum Gasteiger partial charge on any atom is 0.187 e. The summed E-state index contributed by atoms with van der Waals surface area (Å²) in [7, 11) is 0. The molecule has 0 radical (unpaired) electrons. The van der Waals surface area contributed by atoms with Crippen molar-refractivity contribution in [1.29, 1.82) is 0 Å². The van der Waals surface area contributed by atoms with Crippen molar-refractivity contribution in [3.8, 4) is 0 Å². The van der Waals surface area contributed by atoms with Gasteiger partial charge in [-0.3, -0.25) is 0 Å². The highest BCUT2D eigenvalue weighted by Gasteiger charge is 2.06. The molecule has 0 aromatic carbocycles. The van der Waals surface area contributed by atoms with Crippen LogP contribution in [0.5, 0.6) is 0 Å². The molecular weight excluding hydrogens is 136 g/mol. The lowest BCUT2D eigenvalue weighted by Gasteiger charge is -1.96. The molecule has 4 nitrogen and oxygen atoms in total. The molecule has 50 valence electrons. The molecule has 0 fully saturated rings. The van der Waals surface area contributed by atoms with Crippen LogP contribution in [0.4, 0.5) is 0 Å². The lowest BCUT2D eigenvalue weighted by molar-refractivity contribution is 0.823. The van der Waals surface area contributed by atoms with E-state index in [0.29, 0.717) is 5.82 Å². The van der Waals surface area contributed by atoms with E-state index in [1.807, 2.05) is 6.92 Å². The van der Waals surface area contributed by atoms with E-state index in [9.17, 15) is 0 Å². The van der Waals surface area contributed by atoms with Gasteiger partial charge in [0.15, 0.2) is 5.82 Å². The number of tetrazole rings is 1. The van der Waals surface area contributed by atoms with E-state index in [-0.39, 0.29) is 5.25 Å². The fourth-order valence-electron chi connectivity index (χ4n) is 0.493. The Morgan fingerprint density at radius 2 is 2.56 bits per heavy atom. The monoisotopic (exact) mass is 144 g/mol. The standard InChI is InChI=1S/C4H8N4S/c1-2-3(9)4-5-7-8-6-4/h3,9H,2H2,1H3,(H,5,6,7,8). The summed E-state index contributed by atoms with van der Waals surface area (Å²) >= 11 is 4.20. The number of hydrogen-bond donors (Lipinski definition) is 2. The van der Waals surface area contributed by atoms with Gasteiger partial charge in [-0.15, -0.1) is 10.2 Å². The third kappa shape index (κ3) is 1.41. The highest BCUT2D eigenvalue weighted by molar-refractivity contribution is 7.80. The SMILES string of the molecule is CCC(S)c1nn[nH]n1. The maximum absolute atomic E-state index is 4.20. The summed E-state index contributed by atoms with van der Waals surface area (Å²) < 4.78 is 0. The van der Waals surface area contributed by atoms with E-state index in [2.05, 4.69) is 33.3 Å². The Morgan fingerprint density at radius 1 is 1.78 bits per heavy atom. The summed E-state index contributed by atoms with van der Waals surface area (Å²) in [5.41, 5.74) is 0. The van der Waals surface area contributed by atoms with E-state index in [0.717, 1.165) is 6.42 Å². The van der Waals surface area contributed by atoms with Gasteiger partial charge >= 0.3 is 0 Å². The number of thiol groups is 1. The van der Waals surface area contributed by atoms with E-state index in [4.69, 9.17) is 0 Å². The second-order valence-electron chi connectivity index (χ2n) is 1.69. The van der Waals surface area contributed by atoms with E-state index >= 15 is 0 Å². The number of aromatic amines is 1. The molecule has 1 atom stereocenters. The fourth-order valence-corrected chi connectivity index (χ4v) is 0.603. The van der Waals surface area contributed by atoms with Crippen molar-refractivity contribution in [3.05, 3.63) is 5.82 Å². The molecule has 0 bridgehead atoms. The van der Waals surface area contributed by atoms with E-state index in [1.54, 1.807) is 0 Å². The van der Waals surface area contributed by atoms with Crippen LogP contribution in [0.25, 0.3) is 0 Å². The fraction of sp³-hybridized carbons (Fsp3) is 0.750. The molecule has 0 aliphatic heterocycles. The first kappa shape index (κ1) is 6.54. The molecule has 1 N–H and O–H groups in total. The molecule has 1 unspecified atom stereocenters. The summed E-state index contributed by atoms with van der Waals surface area (Å²) in [6.07, 6.45) is 0.919. The normalized spacial score (nSPS) is 13.6. The quantitative estimate of drug-likeness (QED) is 0.597. The number of rotatable bonds is 2. The molecule has 0 saturated heterocycles. The van der Waals surface area contributed by atoms with Crippen molar-refractivity contribution in [3.63, 3.8) is 0 Å². The number of nitrogens with zero attached hydrogens (tertiary/aromatic N) is 3. The van der Waals surface area contributed by atoms with Crippen LogP contribution in [0.15, 0.2) is 0 Å². The first-order valence-corrected chi connectivity index (χ1v) is 3.27. The zero-order valence-corrected chi connectivity index (χ0v) is 5.97. The Balaban J connectivity index is 2.65. The molecule has 5 heteroatoms. The van der Waals surface area contributed by atoms with Crippen molar-refractivity contribution in [2.24, 2.45) is 0 Å². The Labute approximate surface area is 58.5 Å². The van der Waals surface area contributed by atoms with Gasteiger partial charge in [0.2, 0.25) is 0 Å². The molecule has 0 aliphatic rings. The third-order valence-corrected chi connectivity index (χ3v) is 1.64. The van der Waals surface area contributed by atoms with Crippen LogP contribution in [0.1, 0.15) is 24.4 Å². The summed E-state index contributed by atoms with van der Waals surface area (Å²) in [5, 5.41) is 13.4. The number of aromatic nitrogens is 4. The molecule has 1 rings (SSSR count). The molecule has 0 saturated carbocycles. The minimum Gasteiger partial charge on any atom is -0.177 e. The van der Waals surface area contributed by atoms with Crippen LogP contribution in [-0.2, 0) is 0 Å². The van der Waals surface area contributed by atoms with Crippen molar-refractivity contribution in [1.82, 2.24) is 20.6 Å². The molecule has 0 spiro atoms. The molecular formula is C4H8N4S. The van der Waals surface area contributed by atoms with Crippen LogP contribution < -0.4 is 0 Å². The van der Waals surface area contributed by atoms with Gasteiger partial charge in [-0.25, -0.2) is 0 Å². The van der Waals surface area contributed by atoms with Crippen molar-refractivity contribution >= 4 is 12.6 Å². The van der Waals surface area contributed by atoms with Crippen LogP contribution in [0.2, 0.25) is 0 Å². The Hall–Kier alpha value is -0.580. The smallest absolute Gasteiger partial charge is 0.177 e. The minimum atomic E-state index is 0.115. The topological polar surface area (TPSA) is 54.5 Å². The predicted molar refractivity (Wildman–Crippen MR) is 36.2 cm³/mol. The highest BCUT2D eigenvalue weighted by Crippen LogP contribution is 2.16. The first-order chi connectivity index (χ1) is 4.34. The largest absolute Gasteiger partial charge is 0.187 e. The van der Waals surface area contributed by atoms with Crippen molar-refractivity contribution in [2.75, 3.05) is 0 Å². The van der Waals surface area contributed by atoms with Crippen LogP contribution in [-0.4, -0.2) is 20.6 Å². The average molecular weight is 144 g/mol. The summed E-state index contributed by atoms with van der Waals surface area (Å²) in [4.78, 5) is 0. The van der Waals surface area contributed by atoms with Gasteiger partial charge in [0.25, 0.3) is 0 Å². The highest BCUT2D eigenvalue weighted by atomic mass is 32.1. The average Bonchev–Trinajstić information content (AvgIpc) is 2.37. The molecule has 0 aliphatic carbocycles. The number of hydrogen-bond acceptors (Lipinski definition) is 4. The summed E-state index contributed by atoms with van der Waals surface area (Å²) in [5.74, 6) is 0.667. The predicted octanol–water partition coefficient (Wildman–Crippen LogP) is 0.581. The first-order valence-electron chi connectivity index (χ1n) is 2.76. The zero-order chi connectivity index (χ0) is 6.69. The number of nitrogens with one attached hydrogen (secondary N) is 1. The van der Waals surface area contributed by atoms with E-state index in [1.165, 1.54) is 0 Å². The van der Waals surface area contributed by atoms with Gasteiger partial charge in [0.1, 0.15) is 0 Å². The minimum absolute atomic E-state index is 0.115. The molecule has 1 aromatic heterocycles. The Bertz CT molecular complexity index is 161. The van der Waals surface area contributed by atoms with Gasteiger partial charge in [-0.05, 0) is 6.42 Å². The van der Waals surface area contributed by atoms with Gasteiger partial charge < -0.3 is 0 Å². The maximum atomic E-state index is 4.20. The van der Waals surface area contributed by atoms with Crippen LogP contribution in [0.3, 0.4) is 0 Å². The van der Waals surface area contributed by atoms with Gasteiger partial charge in [-0.1, -0.05) is 12.1 Å². The zero-order valence-electron chi connectivity index (χ0n) is 5.07. The van der Waals surface area contributed by atoms with E-state index < -0.39 is 0 Å². The van der Waals surface area contributed by atoms with Crippen LogP contribution >= 0.6 is 12.6 Å². The number of H-pyrrole nitrogens is 1. The summed E-state index contributed by atoms with van der Waals surface area (Å²) in [6.45, 7) is 2.02. The molecule has 9 heavy (non-hydrogen) atoms. The molecule has 0 amide bonds. The van der Waals surface area contributed by atoms with Gasteiger partial charge in [0.05, 0.1) is 5.25 Å². The molecule has 1 heterocycles. The Morgan fingerprint density at radius 3 is 3.00 bits per heavy atom. The third-order valence-electron chi connectivity index (χ3n) is 1.05. The lowest BCUT2D eigenvalue weighted by Crippen LogP contribution is -1.90. The van der Waals surface area contributed by atoms with Crippen LogP contribution in [0, 0.1) is 0 Å². The van der Waals surface area contributed by atoms with Crippen molar-refractivity contribution in [2.45, 2.75) is 18.6 Å². The van der Waals surface area contributed by atoms with Gasteiger partial charge in [-0.2, -0.15) is 17.8 Å². The lowest BCUT2D eigenvalue weighted by atomic mass is 10.3. The Kier molecular flexibility index (Phi) is 2.05. The second kappa shape index (κ2) is 2.82. The second-order valence-corrected chi connectivity index (χ2v) is 2.32. The summed E-state index contributed by atoms with van der Waals surface area (Å²) in [6, 6.07) is 0. The molecule has 1 aromatic rings. The van der Waals surface area contributed by atoms with Crippen molar-refractivity contribution < 1.29 is 0 Å².